The van der Waals surface area contributed by atoms with Crippen molar-refractivity contribution in [2.45, 2.75) is 26.1 Å². The number of hydrogen-bond donors (Lipinski definition) is 0. The van der Waals surface area contributed by atoms with E-state index < -0.39 is 23.8 Å². The first-order chi connectivity index (χ1) is 10.7. The number of alkyl halides is 3. The number of esters is 1. The number of carbonyl (C=O) groups is 1. The van der Waals surface area contributed by atoms with Crippen molar-refractivity contribution < 1.29 is 32.2 Å². The highest BCUT2D eigenvalue weighted by Gasteiger charge is 2.49. The van der Waals surface area contributed by atoms with Gasteiger partial charge in [-0.05, 0) is 26.0 Å². The summed E-state index contributed by atoms with van der Waals surface area (Å²) >= 11 is 6.03. The summed E-state index contributed by atoms with van der Waals surface area (Å²) in [5.74, 6) is -0.883. The van der Waals surface area contributed by atoms with E-state index in [-0.39, 0.29) is 28.7 Å². The molecule has 1 aliphatic rings. The third-order valence-electron chi connectivity index (χ3n) is 3.28. The molecule has 4 nitrogen and oxygen atoms in total. The van der Waals surface area contributed by atoms with Crippen molar-refractivity contribution in [3.63, 3.8) is 0 Å². The smallest absolute Gasteiger partial charge is 0.430 e. The second kappa shape index (κ2) is 6.31. The van der Waals surface area contributed by atoms with Gasteiger partial charge in [0.1, 0.15) is 11.5 Å². The molecular formula is C15H14ClF3O4. The molecule has 1 aliphatic heterocycles. The third-order valence-corrected chi connectivity index (χ3v) is 3.56. The van der Waals surface area contributed by atoms with Crippen molar-refractivity contribution in [1.82, 2.24) is 0 Å². The number of carbonyl (C=O) groups excluding carboxylic acids is 1. The molecule has 0 bridgehead atoms. The van der Waals surface area contributed by atoms with Crippen molar-refractivity contribution in [1.29, 1.82) is 0 Å². The topological polar surface area (TPSA) is 44.8 Å². The average Bonchev–Trinajstić information content (AvgIpc) is 2.45. The van der Waals surface area contributed by atoms with Crippen LogP contribution < -0.4 is 9.47 Å². The molecule has 1 aromatic carbocycles. The van der Waals surface area contributed by atoms with Crippen LogP contribution in [0.2, 0.25) is 5.02 Å². The molecule has 0 saturated carbocycles. The minimum atomic E-state index is -4.77. The van der Waals surface area contributed by atoms with Crippen molar-refractivity contribution in [3.8, 4) is 11.5 Å². The first-order valence-electron chi connectivity index (χ1n) is 6.69. The molecule has 0 aliphatic carbocycles. The van der Waals surface area contributed by atoms with Gasteiger partial charge >= 0.3 is 12.1 Å². The van der Waals surface area contributed by atoms with E-state index in [1.807, 2.05) is 0 Å². The fourth-order valence-corrected chi connectivity index (χ4v) is 2.67. The fraction of sp³-hybridized carbons (Fsp3) is 0.400. The number of benzene rings is 1. The van der Waals surface area contributed by atoms with E-state index in [1.54, 1.807) is 0 Å². The molecule has 1 aromatic rings. The van der Waals surface area contributed by atoms with Gasteiger partial charge in [-0.2, -0.15) is 13.2 Å². The van der Waals surface area contributed by atoms with Gasteiger partial charge in [0, 0.05) is 11.1 Å². The number of methoxy groups -OCH3 is 1. The Labute approximate surface area is 135 Å². The van der Waals surface area contributed by atoms with Crippen LogP contribution in [0.1, 0.15) is 18.1 Å². The third kappa shape index (κ3) is 3.24. The molecule has 126 valence electrons. The van der Waals surface area contributed by atoms with E-state index in [2.05, 4.69) is 4.74 Å². The number of halogens is 4. The van der Waals surface area contributed by atoms with Crippen LogP contribution >= 0.6 is 11.6 Å². The van der Waals surface area contributed by atoms with Crippen LogP contribution in [0.3, 0.4) is 0 Å². The van der Waals surface area contributed by atoms with Crippen LogP contribution in [0.15, 0.2) is 11.6 Å². The number of ether oxygens (including phenoxy) is 3. The maximum atomic E-state index is 13.2. The van der Waals surface area contributed by atoms with E-state index in [9.17, 15) is 18.0 Å². The average molecular weight is 351 g/mol. The van der Waals surface area contributed by atoms with Crippen molar-refractivity contribution in [2.24, 2.45) is 0 Å². The zero-order chi connectivity index (χ0) is 17.4. The highest BCUT2D eigenvalue weighted by Crippen LogP contribution is 2.44. The molecule has 0 radical (unpaired) electrons. The lowest BCUT2D eigenvalue weighted by atomic mass is 9.98. The van der Waals surface area contributed by atoms with E-state index in [0.29, 0.717) is 5.56 Å². The summed E-state index contributed by atoms with van der Waals surface area (Å²) in [7, 11) is 1.35. The lowest BCUT2D eigenvalue weighted by Gasteiger charge is -2.29. The minimum absolute atomic E-state index is 0.0263. The molecule has 0 fully saturated rings. The van der Waals surface area contributed by atoms with Gasteiger partial charge in [0.2, 0.25) is 6.10 Å². The van der Waals surface area contributed by atoms with Crippen LogP contribution in [0.5, 0.6) is 11.5 Å². The zero-order valence-electron chi connectivity index (χ0n) is 12.6. The Kier molecular flexibility index (Phi) is 4.79. The summed E-state index contributed by atoms with van der Waals surface area (Å²) in [6, 6.07) is 1.38. The monoisotopic (exact) mass is 350 g/mol. The van der Waals surface area contributed by atoms with Gasteiger partial charge < -0.3 is 14.2 Å². The van der Waals surface area contributed by atoms with E-state index in [1.165, 1.54) is 27.0 Å². The summed E-state index contributed by atoms with van der Waals surface area (Å²) in [4.78, 5) is 11.8. The Morgan fingerprint density at radius 2 is 2.09 bits per heavy atom. The first kappa shape index (κ1) is 17.5. The second-order valence-corrected chi connectivity index (χ2v) is 5.20. The van der Waals surface area contributed by atoms with Gasteiger partial charge in [-0.25, -0.2) is 4.79 Å². The summed E-state index contributed by atoms with van der Waals surface area (Å²) in [6.45, 7) is 2.99. The Bertz CT molecular complexity index is 668. The van der Waals surface area contributed by atoms with E-state index >= 15 is 0 Å². The first-order valence-corrected chi connectivity index (χ1v) is 7.07. The minimum Gasteiger partial charge on any atom is -0.495 e. The highest BCUT2D eigenvalue weighted by atomic mass is 35.5. The van der Waals surface area contributed by atoms with Crippen LogP contribution in [0.25, 0.3) is 6.08 Å². The number of fused-ring (bicyclic) bond motifs is 1. The molecule has 0 saturated heterocycles. The Hall–Kier alpha value is -1.89. The molecular weight excluding hydrogens is 337 g/mol. The fourth-order valence-electron chi connectivity index (χ4n) is 2.33. The molecule has 1 heterocycles. The summed E-state index contributed by atoms with van der Waals surface area (Å²) in [5.41, 5.74) is -0.0345. The Balaban J connectivity index is 2.62. The van der Waals surface area contributed by atoms with E-state index in [0.717, 1.165) is 6.08 Å². The molecule has 0 amide bonds. The van der Waals surface area contributed by atoms with Gasteiger partial charge in [-0.3, -0.25) is 0 Å². The molecule has 8 heteroatoms. The van der Waals surface area contributed by atoms with Gasteiger partial charge in [-0.1, -0.05) is 11.6 Å². The SMILES string of the molecule is CCOC(=O)C1=Cc2cc(Cl)c(OC)c(C)c2OC1C(F)(F)F. The van der Waals surface area contributed by atoms with Crippen LogP contribution in [-0.2, 0) is 9.53 Å². The number of rotatable bonds is 3. The Morgan fingerprint density at radius 3 is 2.61 bits per heavy atom. The number of hydrogen-bond acceptors (Lipinski definition) is 4. The molecule has 23 heavy (non-hydrogen) atoms. The zero-order valence-corrected chi connectivity index (χ0v) is 13.3. The highest BCUT2D eigenvalue weighted by molar-refractivity contribution is 6.32. The maximum Gasteiger partial charge on any atom is 0.430 e. The van der Waals surface area contributed by atoms with Crippen LogP contribution in [0, 0.1) is 6.92 Å². The lowest BCUT2D eigenvalue weighted by molar-refractivity contribution is -0.188. The normalized spacial score (nSPS) is 17.0. The predicted molar refractivity (Wildman–Crippen MR) is 77.8 cm³/mol. The summed E-state index contributed by atoms with van der Waals surface area (Å²) < 4.78 is 54.6. The molecule has 1 atom stereocenters. The van der Waals surface area contributed by atoms with Crippen molar-refractivity contribution in [2.75, 3.05) is 13.7 Å². The van der Waals surface area contributed by atoms with Crippen LogP contribution in [0.4, 0.5) is 13.2 Å². The summed E-state index contributed by atoms with van der Waals surface area (Å²) in [6.07, 6.45) is -6.08. The standard InChI is InChI=1S/C15H14ClF3O4/c1-4-22-14(20)9-5-8-6-10(16)12(21-3)7(2)11(8)23-13(9)15(17,18)19/h5-6,13H,4H2,1-3H3. The predicted octanol–water partition coefficient (Wildman–Crippen LogP) is 3.93. The van der Waals surface area contributed by atoms with E-state index in [4.69, 9.17) is 21.1 Å². The molecule has 0 N–H and O–H groups in total. The lowest BCUT2D eigenvalue weighted by Crippen LogP contribution is -2.41. The van der Waals surface area contributed by atoms with Crippen molar-refractivity contribution in [3.05, 3.63) is 27.8 Å². The molecule has 2 rings (SSSR count). The Morgan fingerprint density at radius 1 is 1.43 bits per heavy atom. The molecule has 0 aromatic heterocycles. The largest absolute Gasteiger partial charge is 0.495 e. The molecule has 1 unspecified atom stereocenters. The second-order valence-electron chi connectivity index (χ2n) is 4.79. The van der Waals surface area contributed by atoms with Crippen molar-refractivity contribution >= 4 is 23.6 Å². The quantitative estimate of drug-likeness (QED) is 0.775. The summed E-state index contributed by atoms with van der Waals surface area (Å²) in [5, 5.41) is 0.206. The van der Waals surface area contributed by atoms with Gasteiger partial charge in [0.05, 0.1) is 24.3 Å². The van der Waals surface area contributed by atoms with Gasteiger partial charge in [0.25, 0.3) is 0 Å². The molecule has 0 spiro atoms. The maximum absolute atomic E-state index is 13.2. The van der Waals surface area contributed by atoms with Gasteiger partial charge in [-0.15, -0.1) is 0 Å². The van der Waals surface area contributed by atoms with Gasteiger partial charge in [0.15, 0.2) is 0 Å². The van der Waals surface area contributed by atoms with Crippen LogP contribution in [-0.4, -0.2) is 32.0 Å².